The Bertz CT molecular complexity index is 1720. The summed E-state index contributed by atoms with van der Waals surface area (Å²) in [6, 6.07) is 15.5. The first-order chi connectivity index (χ1) is 22.3. The molecule has 10 nitrogen and oxygen atoms in total. The molecular formula is C36H33N4O6Y-. The number of nitrogens with zero attached hydrogens (tertiary/aromatic N) is 4. The first-order valence-corrected chi connectivity index (χ1v) is 15.0. The van der Waals surface area contributed by atoms with E-state index < -0.39 is 0 Å². The zero-order valence-corrected chi connectivity index (χ0v) is 29.2. The van der Waals surface area contributed by atoms with E-state index in [1.165, 1.54) is 0 Å². The van der Waals surface area contributed by atoms with E-state index in [2.05, 4.69) is 29.2 Å². The van der Waals surface area contributed by atoms with Crippen molar-refractivity contribution in [3.8, 4) is 23.0 Å². The van der Waals surface area contributed by atoms with Crippen molar-refractivity contribution in [1.29, 1.82) is 0 Å². The molecule has 2 amide bonds. The molecule has 3 aromatic rings. The average Bonchev–Trinajstić information content (AvgIpc) is 3.57. The summed E-state index contributed by atoms with van der Waals surface area (Å²) in [7, 11) is 3.09. The van der Waals surface area contributed by atoms with Crippen LogP contribution >= 0.6 is 0 Å². The third-order valence-corrected chi connectivity index (χ3v) is 8.60. The second-order valence-corrected chi connectivity index (χ2v) is 11.8. The van der Waals surface area contributed by atoms with Crippen molar-refractivity contribution in [2.75, 3.05) is 27.3 Å². The number of benzene rings is 3. The third-order valence-electron chi connectivity index (χ3n) is 8.60. The van der Waals surface area contributed by atoms with Crippen LogP contribution in [0.2, 0.25) is 0 Å². The van der Waals surface area contributed by atoms with Gasteiger partial charge in [0.15, 0.2) is 23.0 Å². The van der Waals surface area contributed by atoms with Gasteiger partial charge in [-0.15, -0.1) is 11.1 Å². The maximum Gasteiger partial charge on any atom is 0.257 e. The van der Waals surface area contributed by atoms with Crippen LogP contribution in [0.4, 0.5) is 11.4 Å². The summed E-state index contributed by atoms with van der Waals surface area (Å²) < 4.78 is 23.5. The van der Waals surface area contributed by atoms with Gasteiger partial charge in [-0.05, 0) is 25.0 Å². The van der Waals surface area contributed by atoms with Gasteiger partial charge < -0.3 is 28.7 Å². The maximum atomic E-state index is 13.3. The van der Waals surface area contributed by atoms with E-state index in [0.717, 1.165) is 22.3 Å². The van der Waals surface area contributed by atoms with Gasteiger partial charge in [-0.3, -0.25) is 19.6 Å². The molecule has 2 atom stereocenters. The van der Waals surface area contributed by atoms with Crippen molar-refractivity contribution in [2.24, 2.45) is 9.98 Å². The minimum Gasteiger partial charge on any atom is -0.497 e. The largest absolute Gasteiger partial charge is 0.497 e. The molecule has 0 unspecified atom stereocenters. The molecule has 47 heavy (non-hydrogen) atoms. The number of methoxy groups -OCH3 is 2. The molecule has 7 rings (SSSR count). The number of carbonyl (C=O) groups excluding carboxylic acids is 2. The molecule has 0 N–H and O–H groups in total. The quantitative estimate of drug-likeness (QED) is 0.222. The zero-order valence-electron chi connectivity index (χ0n) is 26.3. The topological polar surface area (TPSA) is 102 Å². The summed E-state index contributed by atoms with van der Waals surface area (Å²) >= 11 is 0. The number of amides is 2. The van der Waals surface area contributed by atoms with E-state index in [-0.39, 0.29) is 69.8 Å². The second kappa shape index (κ2) is 13.5. The van der Waals surface area contributed by atoms with Crippen LogP contribution in [0, 0.1) is 6.07 Å². The van der Waals surface area contributed by atoms with Crippen LogP contribution in [0.1, 0.15) is 44.7 Å². The van der Waals surface area contributed by atoms with Gasteiger partial charge >= 0.3 is 0 Å². The Labute approximate surface area is 298 Å². The molecule has 4 aliphatic rings. The van der Waals surface area contributed by atoms with Gasteiger partial charge in [-0.1, -0.05) is 24.3 Å². The van der Waals surface area contributed by atoms with Crippen LogP contribution in [0.15, 0.2) is 76.8 Å². The van der Waals surface area contributed by atoms with E-state index in [1.807, 2.05) is 18.2 Å². The molecule has 0 bridgehead atoms. The molecule has 2 saturated heterocycles. The summed E-state index contributed by atoms with van der Waals surface area (Å²) in [5, 5.41) is 0. The fourth-order valence-corrected chi connectivity index (χ4v) is 6.28. The van der Waals surface area contributed by atoms with E-state index in [1.54, 1.807) is 60.7 Å². The summed E-state index contributed by atoms with van der Waals surface area (Å²) in [5.74, 6) is 1.66. The normalized spacial score (nSPS) is 19.3. The Kier molecular flexibility index (Phi) is 9.35. The number of hydrogen-bond acceptors (Lipinski definition) is 8. The van der Waals surface area contributed by atoms with Gasteiger partial charge in [0.25, 0.3) is 11.8 Å². The number of hydrogen-bond donors (Lipinski definition) is 0. The average molecular weight is 707 g/mol. The fourth-order valence-electron chi connectivity index (χ4n) is 6.28. The summed E-state index contributed by atoms with van der Waals surface area (Å²) in [6.07, 6.45) is 5.03. The molecule has 4 aliphatic heterocycles. The smallest absolute Gasteiger partial charge is 0.257 e. The summed E-state index contributed by atoms with van der Waals surface area (Å²) in [6.45, 7) is 9.58. The number of fused-ring (bicyclic) bond motifs is 4. The van der Waals surface area contributed by atoms with Gasteiger partial charge in [0, 0.05) is 70.4 Å². The predicted octanol–water partition coefficient (Wildman–Crippen LogP) is 5.63. The van der Waals surface area contributed by atoms with E-state index in [0.29, 0.717) is 71.4 Å². The van der Waals surface area contributed by atoms with Crippen molar-refractivity contribution in [3.05, 3.63) is 95.1 Å². The van der Waals surface area contributed by atoms with Crippen molar-refractivity contribution in [1.82, 2.24) is 9.80 Å². The Morgan fingerprint density at radius 1 is 0.723 bits per heavy atom. The molecular weight excluding hydrogens is 673 g/mol. The van der Waals surface area contributed by atoms with Gasteiger partial charge in [0.05, 0.1) is 62.0 Å². The van der Waals surface area contributed by atoms with Crippen LogP contribution in [0.5, 0.6) is 23.0 Å². The standard InChI is InChI=1S/C36H33N4O6.Y/c1-21-8-25-15-37-29-13-33(31(43-3)11-27(29)35(41)39(25)17-21)45-19-23-6-5-7-24(10-23)20-46-34-14-30-28(12-32(34)44-4)36(42)40-18-22(2)9-26(40)16-38-30;/h6-7,10-16,25-26H,1-2,8-9,17-20H2,3-4H3;/q-1;/t25-,26-;/m0./s1. The Morgan fingerprint density at radius 3 is 1.60 bits per heavy atom. The van der Waals surface area contributed by atoms with E-state index in [9.17, 15) is 9.59 Å². The van der Waals surface area contributed by atoms with Crippen molar-refractivity contribution >= 4 is 35.6 Å². The van der Waals surface area contributed by atoms with Gasteiger partial charge in [-0.25, -0.2) is 0 Å². The molecule has 0 spiro atoms. The molecule has 0 aromatic heterocycles. The molecule has 11 heteroatoms. The van der Waals surface area contributed by atoms with Crippen molar-refractivity contribution < 1.29 is 61.2 Å². The minimum atomic E-state index is -0.0977. The molecule has 3 aromatic carbocycles. The summed E-state index contributed by atoms with van der Waals surface area (Å²) in [4.78, 5) is 39.3. The van der Waals surface area contributed by atoms with Gasteiger partial charge in [-0.2, -0.15) is 24.3 Å². The Balaban J connectivity index is 0.00000386. The van der Waals surface area contributed by atoms with E-state index in [4.69, 9.17) is 18.9 Å². The number of rotatable bonds is 8. The molecule has 0 saturated carbocycles. The summed E-state index contributed by atoms with van der Waals surface area (Å²) in [5.41, 5.74) is 5.78. The first-order valence-electron chi connectivity index (χ1n) is 15.0. The van der Waals surface area contributed by atoms with Crippen molar-refractivity contribution in [2.45, 2.75) is 38.1 Å². The zero-order chi connectivity index (χ0) is 31.9. The molecule has 237 valence electrons. The fraction of sp³-hybridized carbons (Fsp3) is 0.278. The molecule has 0 aliphatic carbocycles. The van der Waals surface area contributed by atoms with Crippen molar-refractivity contribution in [3.63, 3.8) is 0 Å². The molecule has 2 fully saturated rings. The van der Waals surface area contributed by atoms with Crippen LogP contribution in [-0.2, 0) is 45.9 Å². The monoisotopic (exact) mass is 706 g/mol. The SMILES string of the molecule is C=C1C[C@H]2C=Nc3cc(OCc4c[c-]cc(COc5cc6c(cc5OC)C(=O)N5CC(=C)C[C@H]5C=N6)c4)c(OC)cc3C(=O)N2C1.[Y]. The first kappa shape index (κ1) is 32.7. The maximum absolute atomic E-state index is 13.3. The van der Waals surface area contributed by atoms with E-state index >= 15 is 0 Å². The van der Waals surface area contributed by atoms with Crippen LogP contribution in [0.3, 0.4) is 0 Å². The Hall–Kier alpha value is -4.28. The number of ether oxygens (including phenoxy) is 4. The van der Waals surface area contributed by atoms with Crippen LogP contribution < -0.4 is 18.9 Å². The second-order valence-electron chi connectivity index (χ2n) is 11.8. The Morgan fingerprint density at radius 2 is 1.17 bits per heavy atom. The van der Waals surface area contributed by atoms with Gasteiger partial charge in [0.2, 0.25) is 0 Å². The van der Waals surface area contributed by atoms with Crippen LogP contribution in [0.25, 0.3) is 0 Å². The third kappa shape index (κ3) is 6.36. The number of aliphatic imine (C=N–C) groups is 2. The van der Waals surface area contributed by atoms with Gasteiger partial charge in [0.1, 0.15) is 0 Å². The number of carbonyl (C=O) groups is 2. The minimum absolute atomic E-state index is 0. The molecule has 1 radical (unpaired) electrons. The predicted molar refractivity (Wildman–Crippen MR) is 173 cm³/mol. The van der Waals surface area contributed by atoms with Crippen LogP contribution in [-0.4, -0.2) is 73.4 Å². The molecule has 4 heterocycles.